The first kappa shape index (κ1) is 14.6. The van der Waals surface area contributed by atoms with Crippen LogP contribution in [0.3, 0.4) is 0 Å². The molecule has 0 aliphatic rings. The molecule has 0 aliphatic heterocycles. The summed E-state index contributed by atoms with van der Waals surface area (Å²) in [5.41, 5.74) is -1.36. The van der Waals surface area contributed by atoms with Crippen LogP contribution < -0.4 is 0 Å². The summed E-state index contributed by atoms with van der Waals surface area (Å²) in [4.78, 5) is 21.6. The summed E-state index contributed by atoms with van der Waals surface area (Å²) < 4.78 is 31.3. The van der Waals surface area contributed by atoms with Crippen LogP contribution in [0.25, 0.3) is 0 Å². The normalized spacial score (nSPS) is 9.42. The lowest BCUT2D eigenvalue weighted by molar-refractivity contribution is -0.141. The first-order chi connectivity index (χ1) is 8.97. The fourth-order valence-corrected chi connectivity index (χ4v) is 1.27. The van der Waals surface area contributed by atoms with Crippen LogP contribution in [0.4, 0.5) is 8.78 Å². The summed E-state index contributed by atoms with van der Waals surface area (Å²) in [6, 6.07) is 1.82. The molecule has 1 N–H and O–H groups in total. The summed E-state index contributed by atoms with van der Waals surface area (Å²) >= 11 is 0. The van der Waals surface area contributed by atoms with Gasteiger partial charge in [-0.2, -0.15) is 0 Å². The van der Waals surface area contributed by atoms with Gasteiger partial charge in [0.15, 0.2) is 5.82 Å². The summed E-state index contributed by atoms with van der Waals surface area (Å²) in [6.07, 6.45) is -0.257. The van der Waals surface area contributed by atoms with Gasteiger partial charge in [-0.3, -0.25) is 4.79 Å². The second-order valence-electron chi connectivity index (χ2n) is 3.37. The van der Waals surface area contributed by atoms with E-state index in [1.54, 1.807) is 6.92 Å². The molecule has 0 atom stereocenters. The van der Waals surface area contributed by atoms with Gasteiger partial charge in [0.1, 0.15) is 17.8 Å². The Balaban J connectivity index is 2.98. The average molecular weight is 268 g/mol. The van der Waals surface area contributed by atoms with Crippen LogP contribution in [0.5, 0.6) is 0 Å². The maximum atomic E-state index is 13.6. The fourth-order valence-electron chi connectivity index (χ4n) is 1.27. The largest absolute Gasteiger partial charge is 0.477 e. The number of benzene rings is 1. The number of hydrogen-bond donors (Lipinski definition) is 1. The van der Waals surface area contributed by atoms with E-state index in [0.29, 0.717) is 0 Å². The second-order valence-corrected chi connectivity index (χ2v) is 3.37. The van der Waals surface area contributed by atoms with Gasteiger partial charge >= 0.3 is 11.9 Å². The number of aromatic carboxylic acids is 1. The minimum atomic E-state index is -1.72. The molecule has 0 saturated carbocycles. The number of carbonyl (C=O) groups excluding carboxylic acids is 1. The Labute approximate surface area is 108 Å². The zero-order valence-electron chi connectivity index (χ0n) is 10.00. The van der Waals surface area contributed by atoms with E-state index in [1.165, 1.54) is 0 Å². The lowest BCUT2D eigenvalue weighted by atomic mass is 10.1. The Morgan fingerprint density at radius 2 is 2.05 bits per heavy atom. The van der Waals surface area contributed by atoms with Crippen molar-refractivity contribution in [3.05, 3.63) is 34.9 Å². The molecular weight excluding hydrogens is 258 g/mol. The van der Waals surface area contributed by atoms with Gasteiger partial charge in [0.2, 0.25) is 0 Å². The summed E-state index contributed by atoms with van der Waals surface area (Å²) in [6.45, 7) is 1.83. The van der Waals surface area contributed by atoms with Gasteiger partial charge in [-0.1, -0.05) is 11.8 Å². The zero-order valence-corrected chi connectivity index (χ0v) is 10.00. The Kier molecular flexibility index (Phi) is 5.01. The Morgan fingerprint density at radius 1 is 1.37 bits per heavy atom. The predicted octanol–water partition coefficient (Wildman–Crippen LogP) is 1.97. The number of halogens is 2. The number of hydrogen-bond acceptors (Lipinski definition) is 3. The topological polar surface area (TPSA) is 63.6 Å². The smallest absolute Gasteiger partial charge is 0.341 e. The molecule has 1 aromatic rings. The molecule has 100 valence electrons. The number of ether oxygens (including phenoxy) is 1. The van der Waals surface area contributed by atoms with E-state index in [1.807, 2.05) is 0 Å². The minimum absolute atomic E-state index is 0.203. The average Bonchev–Trinajstić information content (AvgIpc) is 2.32. The third-order valence-electron chi connectivity index (χ3n) is 2.07. The quantitative estimate of drug-likeness (QED) is 0.672. The molecule has 1 aromatic carbocycles. The van der Waals surface area contributed by atoms with Gasteiger partial charge < -0.3 is 9.84 Å². The lowest BCUT2D eigenvalue weighted by Crippen LogP contribution is -2.06. The second kappa shape index (κ2) is 6.50. The van der Waals surface area contributed by atoms with Crippen molar-refractivity contribution < 1.29 is 28.2 Å². The molecule has 19 heavy (non-hydrogen) atoms. The molecule has 0 fully saturated rings. The highest BCUT2D eigenvalue weighted by molar-refractivity contribution is 5.88. The van der Waals surface area contributed by atoms with Gasteiger partial charge in [0.25, 0.3) is 0 Å². The SMILES string of the molecule is CCOC(=O)CC#Cc1ccc(F)c(C(=O)O)c1F. The van der Waals surface area contributed by atoms with E-state index in [9.17, 15) is 18.4 Å². The first-order valence-electron chi connectivity index (χ1n) is 5.33. The standard InChI is InChI=1S/C13H10F2O4/c1-2-19-10(16)5-3-4-8-6-7-9(14)11(12(8)15)13(17)18/h6-7H,2,5H2,1H3,(H,17,18). The number of esters is 1. The van der Waals surface area contributed by atoms with Crippen LogP contribution in [0, 0.1) is 23.5 Å². The monoisotopic (exact) mass is 268 g/mol. The van der Waals surface area contributed by atoms with Crippen LogP contribution in [0.2, 0.25) is 0 Å². The molecule has 0 heterocycles. The molecule has 0 aliphatic carbocycles. The summed E-state index contributed by atoms with van der Waals surface area (Å²) in [5, 5.41) is 8.65. The molecule has 1 rings (SSSR count). The van der Waals surface area contributed by atoms with Crippen molar-refractivity contribution in [1.29, 1.82) is 0 Å². The van der Waals surface area contributed by atoms with E-state index in [2.05, 4.69) is 16.6 Å². The zero-order chi connectivity index (χ0) is 14.4. The van der Waals surface area contributed by atoms with E-state index in [4.69, 9.17) is 5.11 Å². The van der Waals surface area contributed by atoms with Crippen LogP contribution in [0.1, 0.15) is 29.3 Å². The van der Waals surface area contributed by atoms with Crippen molar-refractivity contribution in [3.8, 4) is 11.8 Å². The van der Waals surface area contributed by atoms with Crippen LogP contribution in [-0.2, 0) is 9.53 Å². The van der Waals surface area contributed by atoms with E-state index in [0.717, 1.165) is 12.1 Å². The van der Waals surface area contributed by atoms with E-state index < -0.39 is 29.1 Å². The van der Waals surface area contributed by atoms with Gasteiger partial charge in [0.05, 0.1) is 12.2 Å². The molecule has 0 saturated heterocycles. The maximum Gasteiger partial charge on any atom is 0.341 e. The van der Waals surface area contributed by atoms with Crippen LogP contribution in [0.15, 0.2) is 12.1 Å². The molecule has 0 unspecified atom stereocenters. The van der Waals surface area contributed by atoms with Crippen molar-refractivity contribution in [2.45, 2.75) is 13.3 Å². The van der Waals surface area contributed by atoms with Crippen molar-refractivity contribution in [2.75, 3.05) is 6.61 Å². The van der Waals surface area contributed by atoms with Gasteiger partial charge in [-0.05, 0) is 19.1 Å². The highest BCUT2D eigenvalue weighted by atomic mass is 19.1. The molecule has 0 amide bonds. The van der Waals surface area contributed by atoms with Gasteiger partial charge in [-0.25, -0.2) is 13.6 Å². The van der Waals surface area contributed by atoms with Crippen molar-refractivity contribution >= 4 is 11.9 Å². The third-order valence-corrected chi connectivity index (χ3v) is 2.07. The first-order valence-corrected chi connectivity index (χ1v) is 5.33. The van der Waals surface area contributed by atoms with Gasteiger partial charge in [-0.15, -0.1) is 0 Å². The van der Waals surface area contributed by atoms with Crippen LogP contribution in [-0.4, -0.2) is 23.7 Å². The molecule has 0 bridgehead atoms. The number of rotatable bonds is 3. The molecule has 0 aromatic heterocycles. The Morgan fingerprint density at radius 3 is 2.63 bits per heavy atom. The lowest BCUT2D eigenvalue weighted by Gasteiger charge is -2.01. The highest BCUT2D eigenvalue weighted by Gasteiger charge is 2.18. The number of carboxylic acid groups (broad SMARTS) is 1. The van der Waals surface area contributed by atoms with E-state index in [-0.39, 0.29) is 18.6 Å². The van der Waals surface area contributed by atoms with Crippen LogP contribution >= 0.6 is 0 Å². The molecule has 0 spiro atoms. The van der Waals surface area contributed by atoms with Crippen molar-refractivity contribution in [2.24, 2.45) is 0 Å². The molecular formula is C13H10F2O4. The highest BCUT2D eigenvalue weighted by Crippen LogP contribution is 2.16. The van der Waals surface area contributed by atoms with E-state index >= 15 is 0 Å². The molecule has 6 heteroatoms. The maximum absolute atomic E-state index is 13.6. The minimum Gasteiger partial charge on any atom is -0.477 e. The summed E-state index contributed by atoms with van der Waals surface area (Å²) in [5.74, 6) is -0.130. The third kappa shape index (κ3) is 3.78. The fraction of sp³-hybridized carbons (Fsp3) is 0.231. The predicted molar refractivity (Wildman–Crippen MR) is 61.4 cm³/mol. The Hall–Kier alpha value is -2.42. The Bertz CT molecular complexity index is 570. The molecule has 0 radical (unpaired) electrons. The molecule has 4 nitrogen and oxygen atoms in total. The van der Waals surface area contributed by atoms with Gasteiger partial charge in [0, 0.05) is 0 Å². The van der Waals surface area contributed by atoms with Crippen molar-refractivity contribution in [1.82, 2.24) is 0 Å². The number of carboxylic acids is 1. The summed E-state index contributed by atoms with van der Waals surface area (Å²) in [7, 11) is 0. The number of carbonyl (C=O) groups is 2. The van der Waals surface area contributed by atoms with Crippen molar-refractivity contribution in [3.63, 3.8) is 0 Å².